The Kier molecular flexibility index (Phi) is 4.74. The number of rotatable bonds is 5. The van der Waals surface area contributed by atoms with E-state index in [2.05, 4.69) is 24.4 Å². The van der Waals surface area contributed by atoms with E-state index in [1.165, 1.54) is 5.56 Å². The van der Waals surface area contributed by atoms with E-state index in [0.717, 1.165) is 11.3 Å². The molecule has 20 heavy (non-hydrogen) atoms. The van der Waals surface area contributed by atoms with Gasteiger partial charge in [-0.1, -0.05) is 29.3 Å². The number of methoxy groups -OCH3 is 2. The first-order valence-electron chi connectivity index (χ1n) is 6.35. The molecule has 0 bridgehead atoms. The van der Waals surface area contributed by atoms with Crippen molar-refractivity contribution < 1.29 is 9.47 Å². The van der Waals surface area contributed by atoms with Gasteiger partial charge >= 0.3 is 0 Å². The molecule has 0 spiro atoms. The number of hydrogen-bond acceptors (Lipinski definition) is 3. The third-order valence-corrected chi connectivity index (χ3v) is 3.44. The van der Waals surface area contributed by atoms with Crippen molar-refractivity contribution in [2.45, 2.75) is 13.5 Å². The van der Waals surface area contributed by atoms with E-state index in [0.29, 0.717) is 23.1 Å². The Morgan fingerprint density at radius 2 is 1.60 bits per heavy atom. The highest BCUT2D eigenvalue weighted by molar-refractivity contribution is 6.31. The number of nitrogens with one attached hydrogen (secondary N) is 1. The summed E-state index contributed by atoms with van der Waals surface area (Å²) in [6.45, 7) is 2.69. The van der Waals surface area contributed by atoms with E-state index in [4.69, 9.17) is 21.1 Å². The lowest BCUT2D eigenvalue weighted by Gasteiger charge is -2.13. The average molecular weight is 292 g/mol. The lowest BCUT2D eigenvalue weighted by Crippen LogP contribution is -2.01. The zero-order valence-corrected chi connectivity index (χ0v) is 12.6. The van der Waals surface area contributed by atoms with Crippen LogP contribution in [0.25, 0.3) is 0 Å². The topological polar surface area (TPSA) is 30.5 Å². The van der Waals surface area contributed by atoms with Crippen LogP contribution in [0.1, 0.15) is 11.1 Å². The first-order valence-corrected chi connectivity index (χ1v) is 6.72. The highest BCUT2D eigenvalue weighted by Gasteiger charge is 2.09. The van der Waals surface area contributed by atoms with Crippen LogP contribution in [0.3, 0.4) is 0 Å². The first kappa shape index (κ1) is 14.5. The molecule has 0 aliphatic heterocycles. The molecule has 0 atom stereocenters. The van der Waals surface area contributed by atoms with Crippen molar-refractivity contribution in [2.75, 3.05) is 19.5 Å². The van der Waals surface area contributed by atoms with Gasteiger partial charge in [0.15, 0.2) is 11.5 Å². The minimum absolute atomic E-state index is 0.627. The van der Waals surface area contributed by atoms with E-state index in [-0.39, 0.29) is 0 Å². The minimum atomic E-state index is 0.627. The molecule has 0 aromatic heterocycles. The van der Waals surface area contributed by atoms with Gasteiger partial charge in [0.05, 0.1) is 14.2 Å². The van der Waals surface area contributed by atoms with Gasteiger partial charge in [-0.05, 0) is 30.7 Å². The van der Waals surface area contributed by atoms with E-state index in [1.54, 1.807) is 20.3 Å². The third-order valence-electron chi connectivity index (χ3n) is 3.09. The molecule has 2 aromatic carbocycles. The molecule has 4 heteroatoms. The second-order valence-electron chi connectivity index (χ2n) is 4.52. The Hall–Kier alpha value is -1.87. The van der Waals surface area contributed by atoms with Crippen LogP contribution >= 0.6 is 11.6 Å². The SMILES string of the molecule is COc1cc(Cl)c(CNc2ccc(C)cc2)cc1OC. The predicted octanol–water partition coefficient (Wildman–Crippen LogP) is 4.28. The van der Waals surface area contributed by atoms with Crippen molar-refractivity contribution in [3.8, 4) is 11.5 Å². The van der Waals surface area contributed by atoms with Crippen molar-refractivity contribution >= 4 is 17.3 Å². The maximum atomic E-state index is 6.25. The Bertz CT molecular complexity index is 582. The second-order valence-corrected chi connectivity index (χ2v) is 4.93. The van der Waals surface area contributed by atoms with Gasteiger partial charge < -0.3 is 14.8 Å². The molecule has 0 radical (unpaired) electrons. The van der Waals surface area contributed by atoms with Crippen LogP contribution in [0.15, 0.2) is 36.4 Å². The quantitative estimate of drug-likeness (QED) is 0.892. The van der Waals surface area contributed by atoms with Gasteiger partial charge in [0, 0.05) is 23.3 Å². The second kappa shape index (κ2) is 6.53. The van der Waals surface area contributed by atoms with Crippen molar-refractivity contribution in [3.05, 3.63) is 52.5 Å². The molecule has 0 amide bonds. The lowest BCUT2D eigenvalue weighted by molar-refractivity contribution is 0.354. The predicted molar refractivity (Wildman–Crippen MR) is 83.1 cm³/mol. The fraction of sp³-hybridized carbons (Fsp3) is 0.250. The Morgan fingerprint density at radius 1 is 1.00 bits per heavy atom. The van der Waals surface area contributed by atoms with Crippen LogP contribution in [0.4, 0.5) is 5.69 Å². The highest BCUT2D eigenvalue weighted by Crippen LogP contribution is 2.33. The Labute approximate surface area is 124 Å². The van der Waals surface area contributed by atoms with Crippen molar-refractivity contribution in [1.29, 1.82) is 0 Å². The molecule has 0 unspecified atom stereocenters. The maximum Gasteiger partial charge on any atom is 0.162 e. The number of anilines is 1. The fourth-order valence-electron chi connectivity index (χ4n) is 1.90. The third kappa shape index (κ3) is 3.36. The minimum Gasteiger partial charge on any atom is -0.493 e. The summed E-state index contributed by atoms with van der Waals surface area (Å²) < 4.78 is 10.5. The van der Waals surface area contributed by atoms with Gasteiger partial charge in [-0.25, -0.2) is 0 Å². The molecule has 0 heterocycles. The molecule has 2 rings (SSSR count). The van der Waals surface area contributed by atoms with Gasteiger partial charge in [0.1, 0.15) is 0 Å². The van der Waals surface area contributed by atoms with Crippen LogP contribution in [0.5, 0.6) is 11.5 Å². The zero-order chi connectivity index (χ0) is 14.5. The van der Waals surface area contributed by atoms with Crippen LogP contribution in [-0.4, -0.2) is 14.2 Å². The zero-order valence-electron chi connectivity index (χ0n) is 11.9. The number of benzene rings is 2. The van der Waals surface area contributed by atoms with E-state index in [1.807, 2.05) is 18.2 Å². The van der Waals surface area contributed by atoms with Crippen molar-refractivity contribution in [3.63, 3.8) is 0 Å². The summed E-state index contributed by atoms with van der Waals surface area (Å²) in [5.41, 5.74) is 3.26. The normalized spacial score (nSPS) is 10.2. The largest absolute Gasteiger partial charge is 0.493 e. The van der Waals surface area contributed by atoms with Crippen molar-refractivity contribution in [2.24, 2.45) is 0 Å². The lowest BCUT2D eigenvalue weighted by atomic mass is 10.2. The Morgan fingerprint density at radius 3 is 2.20 bits per heavy atom. The maximum absolute atomic E-state index is 6.25. The summed E-state index contributed by atoms with van der Waals surface area (Å²) in [6, 6.07) is 11.9. The van der Waals surface area contributed by atoms with Gasteiger partial charge in [-0.3, -0.25) is 0 Å². The standard InChI is InChI=1S/C16H18ClNO2/c1-11-4-6-13(7-5-11)18-10-12-8-15(19-2)16(20-3)9-14(12)17/h4-9,18H,10H2,1-3H3. The van der Waals surface area contributed by atoms with Crippen LogP contribution in [0, 0.1) is 6.92 Å². The molecule has 3 nitrogen and oxygen atoms in total. The molecule has 2 aromatic rings. The van der Waals surface area contributed by atoms with E-state index in [9.17, 15) is 0 Å². The summed E-state index contributed by atoms with van der Waals surface area (Å²) in [4.78, 5) is 0. The van der Waals surface area contributed by atoms with E-state index >= 15 is 0 Å². The molecule has 0 saturated heterocycles. The average Bonchev–Trinajstić information content (AvgIpc) is 2.47. The van der Waals surface area contributed by atoms with Crippen LogP contribution in [0.2, 0.25) is 5.02 Å². The summed E-state index contributed by atoms with van der Waals surface area (Å²) in [7, 11) is 3.21. The number of halogens is 1. The number of ether oxygens (including phenoxy) is 2. The number of hydrogen-bond donors (Lipinski definition) is 1. The summed E-state index contributed by atoms with van der Waals surface area (Å²) >= 11 is 6.25. The molecule has 0 saturated carbocycles. The fourth-order valence-corrected chi connectivity index (χ4v) is 2.12. The summed E-state index contributed by atoms with van der Waals surface area (Å²) in [5.74, 6) is 1.31. The smallest absolute Gasteiger partial charge is 0.162 e. The Balaban J connectivity index is 2.14. The summed E-state index contributed by atoms with van der Waals surface area (Å²) in [6.07, 6.45) is 0. The van der Waals surface area contributed by atoms with Gasteiger partial charge in [0.25, 0.3) is 0 Å². The molecule has 1 N–H and O–H groups in total. The molecule has 0 fully saturated rings. The molecular formula is C16H18ClNO2. The molecule has 0 aliphatic carbocycles. The van der Waals surface area contributed by atoms with Crippen LogP contribution < -0.4 is 14.8 Å². The first-order chi connectivity index (χ1) is 9.63. The van der Waals surface area contributed by atoms with Crippen LogP contribution in [-0.2, 0) is 6.54 Å². The highest BCUT2D eigenvalue weighted by atomic mass is 35.5. The van der Waals surface area contributed by atoms with Gasteiger partial charge in [-0.15, -0.1) is 0 Å². The van der Waals surface area contributed by atoms with E-state index < -0.39 is 0 Å². The van der Waals surface area contributed by atoms with Crippen molar-refractivity contribution in [1.82, 2.24) is 0 Å². The monoisotopic (exact) mass is 291 g/mol. The molecular weight excluding hydrogens is 274 g/mol. The molecule has 0 aliphatic rings. The summed E-state index contributed by atoms with van der Waals surface area (Å²) in [5, 5.41) is 3.99. The number of aryl methyl sites for hydroxylation is 1. The molecule has 106 valence electrons. The van der Waals surface area contributed by atoms with Gasteiger partial charge in [0.2, 0.25) is 0 Å². The van der Waals surface area contributed by atoms with Gasteiger partial charge in [-0.2, -0.15) is 0 Å².